The molecule has 0 atom stereocenters. The summed E-state index contributed by atoms with van der Waals surface area (Å²) < 4.78 is 16.2. The average Bonchev–Trinajstić information content (AvgIpc) is 2.60. The number of benzene rings is 2. The quantitative estimate of drug-likeness (QED) is 0.548. The Morgan fingerprint density at radius 3 is 2.19 bits per heavy atom. The number of carbonyl (C=O) groups is 1. The Morgan fingerprint density at radius 1 is 0.923 bits per heavy atom. The van der Waals surface area contributed by atoms with Crippen LogP contribution in [0.25, 0.3) is 0 Å². The van der Waals surface area contributed by atoms with E-state index in [4.69, 9.17) is 14.2 Å². The standard InChI is InChI=1S/C22H28O4/c1-15-7-10-18(17(13-15)22(2,3)4)26-21(23)12-9-16-8-11-19(24-5)20(14-16)25-6/h7-8,10-11,13-14H,9,12H2,1-6H3. The zero-order valence-electron chi connectivity index (χ0n) is 16.5. The molecule has 0 saturated heterocycles. The molecule has 4 nitrogen and oxygen atoms in total. The largest absolute Gasteiger partial charge is 0.493 e. The van der Waals surface area contributed by atoms with Gasteiger partial charge in [0, 0.05) is 12.0 Å². The molecule has 0 heterocycles. The molecule has 26 heavy (non-hydrogen) atoms. The van der Waals surface area contributed by atoms with E-state index in [0.717, 1.165) is 16.7 Å². The van der Waals surface area contributed by atoms with Crippen LogP contribution in [0.4, 0.5) is 0 Å². The van der Waals surface area contributed by atoms with Gasteiger partial charge >= 0.3 is 5.97 Å². The van der Waals surface area contributed by atoms with Crippen molar-refractivity contribution >= 4 is 5.97 Å². The second-order valence-corrected chi connectivity index (χ2v) is 7.41. The maximum atomic E-state index is 12.3. The molecule has 0 fully saturated rings. The predicted molar refractivity (Wildman–Crippen MR) is 103 cm³/mol. The van der Waals surface area contributed by atoms with E-state index in [2.05, 4.69) is 26.8 Å². The maximum Gasteiger partial charge on any atom is 0.311 e. The summed E-state index contributed by atoms with van der Waals surface area (Å²) in [7, 11) is 3.20. The van der Waals surface area contributed by atoms with Crippen LogP contribution in [-0.4, -0.2) is 20.2 Å². The lowest BCUT2D eigenvalue weighted by Crippen LogP contribution is -2.17. The van der Waals surface area contributed by atoms with Crippen molar-refractivity contribution < 1.29 is 19.0 Å². The summed E-state index contributed by atoms with van der Waals surface area (Å²) >= 11 is 0. The van der Waals surface area contributed by atoms with Crippen LogP contribution < -0.4 is 14.2 Å². The lowest BCUT2D eigenvalue weighted by Gasteiger charge is -2.22. The Hall–Kier alpha value is -2.49. The van der Waals surface area contributed by atoms with Crippen molar-refractivity contribution in [1.29, 1.82) is 0 Å². The first kappa shape index (κ1) is 19.8. The first-order valence-corrected chi connectivity index (χ1v) is 8.77. The van der Waals surface area contributed by atoms with Crippen LogP contribution in [0.5, 0.6) is 17.2 Å². The van der Waals surface area contributed by atoms with Gasteiger partial charge in [0.15, 0.2) is 11.5 Å². The molecule has 0 aliphatic rings. The molecule has 2 aromatic rings. The third-order valence-electron chi connectivity index (χ3n) is 4.23. The molecule has 0 aliphatic carbocycles. The van der Waals surface area contributed by atoms with Gasteiger partial charge in [0.2, 0.25) is 0 Å². The van der Waals surface area contributed by atoms with Crippen LogP contribution in [0.1, 0.15) is 43.9 Å². The molecule has 0 bridgehead atoms. The molecule has 0 aliphatic heterocycles. The van der Waals surface area contributed by atoms with Crippen LogP contribution in [0.15, 0.2) is 36.4 Å². The fourth-order valence-electron chi connectivity index (χ4n) is 2.78. The highest BCUT2D eigenvalue weighted by Crippen LogP contribution is 2.32. The lowest BCUT2D eigenvalue weighted by atomic mass is 9.85. The molecule has 0 spiro atoms. The summed E-state index contributed by atoms with van der Waals surface area (Å²) in [6, 6.07) is 11.6. The molecule has 0 aromatic heterocycles. The summed E-state index contributed by atoms with van der Waals surface area (Å²) in [5.41, 5.74) is 3.10. The molecular weight excluding hydrogens is 328 g/mol. The van der Waals surface area contributed by atoms with E-state index in [0.29, 0.717) is 30.1 Å². The van der Waals surface area contributed by atoms with E-state index in [1.54, 1.807) is 14.2 Å². The van der Waals surface area contributed by atoms with Gasteiger partial charge in [0.1, 0.15) is 5.75 Å². The number of hydrogen-bond donors (Lipinski definition) is 0. The van der Waals surface area contributed by atoms with Crippen LogP contribution in [0, 0.1) is 6.92 Å². The smallest absolute Gasteiger partial charge is 0.311 e. The van der Waals surface area contributed by atoms with Crippen LogP contribution >= 0.6 is 0 Å². The zero-order chi connectivity index (χ0) is 19.3. The monoisotopic (exact) mass is 356 g/mol. The van der Waals surface area contributed by atoms with Crippen LogP contribution in [0.3, 0.4) is 0 Å². The van der Waals surface area contributed by atoms with Crippen molar-refractivity contribution in [3.63, 3.8) is 0 Å². The van der Waals surface area contributed by atoms with Gasteiger partial charge in [-0.05, 0) is 42.5 Å². The van der Waals surface area contributed by atoms with Crippen molar-refractivity contribution in [2.24, 2.45) is 0 Å². The third kappa shape index (κ3) is 5.01. The summed E-state index contributed by atoms with van der Waals surface area (Å²) in [6.07, 6.45) is 0.878. The Kier molecular flexibility index (Phi) is 6.30. The minimum absolute atomic E-state index is 0.0923. The molecular formula is C22H28O4. The fraction of sp³-hybridized carbons (Fsp3) is 0.409. The molecule has 0 radical (unpaired) electrons. The SMILES string of the molecule is COc1ccc(CCC(=O)Oc2ccc(C)cc2C(C)(C)C)cc1OC. The van der Waals surface area contributed by atoms with Gasteiger partial charge in [-0.25, -0.2) is 0 Å². The molecule has 2 rings (SSSR count). The van der Waals surface area contributed by atoms with Gasteiger partial charge in [-0.1, -0.05) is 44.5 Å². The van der Waals surface area contributed by atoms with E-state index >= 15 is 0 Å². The second kappa shape index (κ2) is 8.26. The number of ether oxygens (including phenoxy) is 3. The maximum absolute atomic E-state index is 12.3. The third-order valence-corrected chi connectivity index (χ3v) is 4.23. The van der Waals surface area contributed by atoms with Gasteiger partial charge in [-0.3, -0.25) is 4.79 Å². The number of esters is 1. The number of aryl methyl sites for hydroxylation is 2. The van der Waals surface area contributed by atoms with E-state index in [-0.39, 0.29) is 11.4 Å². The van der Waals surface area contributed by atoms with Crippen molar-refractivity contribution in [2.45, 2.75) is 46.0 Å². The van der Waals surface area contributed by atoms with Crippen molar-refractivity contribution in [3.8, 4) is 17.2 Å². The van der Waals surface area contributed by atoms with Gasteiger partial charge < -0.3 is 14.2 Å². The molecule has 140 valence electrons. The molecule has 0 unspecified atom stereocenters. The van der Waals surface area contributed by atoms with Crippen LogP contribution in [-0.2, 0) is 16.6 Å². The minimum Gasteiger partial charge on any atom is -0.493 e. The number of rotatable bonds is 6. The fourth-order valence-corrected chi connectivity index (χ4v) is 2.78. The highest BCUT2D eigenvalue weighted by Gasteiger charge is 2.20. The topological polar surface area (TPSA) is 44.8 Å². The normalized spacial score (nSPS) is 11.2. The van der Waals surface area contributed by atoms with Crippen LogP contribution in [0.2, 0.25) is 0 Å². The Bertz CT molecular complexity index is 772. The summed E-state index contributed by atoms with van der Waals surface area (Å²) in [5.74, 6) is 1.73. The van der Waals surface area contributed by atoms with Crippen molar-refractivity contribution in [3.05, 3.63) is 53.1 Å². The lowest BCUT2D eigenvalue weighted by molar-refractivity contribution is -0.134. The zero-order valence-corrected chi connectivity index (χ0v) is 16.5. The van der Waals surface area contributed by atoms with E-state index < -0.39 is 0 Å². The highest BCUT2D eigenvalue weighted by molar-refractivity contribution is 5.73. The molecule has 0 saturated carbocycles. The molecule has 2 aromatic carbocycles. The Labute approximate surface area is 156 Å². The summed E-state index contributed by atoms with van der Waals surface area (Å²) in [4.78, 5) is 12.3. The Balaban J connectivity index is 2.06. The second-order valence-electron chi connectivity index (χ2n) is 7.41. The molecule has 4 heteroatoms. The average molecular weight is 356 g/mol. The highest BCUT2D eigenvalue weighted by atomic mass is 16.5. The first-order valence-electron chi connectivity index (χ1n) is 8.77. The molecule has 0 N–H and O–H groups in total. The minimum atomic E-state index is -0.242. The number of methoxy groups -OCH3 is 2. The molecule has 0 amide bonds. The number of carbonyl (C=O) groups excluding carboxylic acids is 1. The predicted octanol–water partition coefficient (Wildman–Crippen LogP) is 4.85. The summed E-state index contributed by atoms with van der Waals surface area (Å²) in [6.45, 7) is 8.38. The number of hydrogen-bond acceptors (Lipinski definition) is 4. The van der Waals surface area contributed by atoms with E-state index in [1.165, 1.54) is 0 Å². The van der Waals surface area contributed by atoms with E-state index in [9.17, 15) is 4.79 Å². The van der Waals surface area contributed by atoms with Gasteiger partial charge in [-0.15, -0.1) is 0 Å². The summed E-state index contributed by atoms with van der Waals surface area (Å²) in [5, 5.41) is 0. The van der Waals surface area contributed by atoms with Gasteiger partial charge in [0.25, 0.3) is 0 Å². The van der Waals surface area contributed by atoms with Crippen molar-refractivity contribution in [2.75, 3.05) is 14.2 Å². The Morgan fingerprint density at radius 2 is 1.58 bits per heavy atom. The van der Waals surface area contributed by atoms with Crippen molar-refractivity contribution in [1.82, 2.24) is 0 Å². The van der Waals surface area contributed by atoms with E-state index in [1.807, 2.05) is 37.3 Å². The first-order chi connectivity index (χ1) is 12.2. The van der Waals surface area contributed by atoms with Gasteiger partial charge in [-0.2, -0.15) is 0 Å². The van der Waals surface area contributed by atoms with Gasteiger partial charge in [0.05, 0.1) is 14.2 Å².